The molecule has 0 bridgehead atoms. The minimum atomic E-state index is -2.47. The summed E-state index contributed by atoms with van der Waals surface area (Å²) in [6, 6.07) is 22.2. The van der Waals surface area contributed by atoms with Crippen LogP contribution in [0.2, 0.25) is 18.3 Å². The Hall–Kier alpha value is -0.104. The van der Waals surface area contributed by atoms with Crippen molar-refractivity contribution < 1.29 is 4.43 Å². The molecule has 1 nitrogen and oxygen atoms in total. The molecule has 37 heavy (non-hydrogen) atoms. The summed E-state index contributed by atoms with van der Waals surface area (Å²) in [5.74, 6) is 0.548. The van der Waals surface area contributed by atoms with Crippen LogP contribution in [0.3, 0.4) is 0 Å². The average molecular weight is 695 g/mol. The predicted molar refractivity (Wildman–Crippen MR) is 175 cm³/mol. The molecule has 0 amide bonds. The SMILES string of the molecule is CCC[CH2][Sn]([CH2]CCC)([CH2]CCC)[CH](Br)C[C@@H](C)CO[Si](c1ccccc1)(c1ccccc1)C(C)(C)C. The topological polar surface area (TPSA) is 9.23 Å². The van der Waals surface area contributed by atoms with Gasteiger partial charge in [-0.2, -0.15) is 0 Å². The molecule has 4 heteroatoms. The first kappa shape index (κ1) is 33.1. The van der Waals surface area contributed by atoms with Crippen molar-refractivity contribution in [3.8, 4) is 0 Å². The third kappa shape index (κ3) is 8.95. The molecule has 1 unspecified atom stereocenters. The minimum absolute atomic E-state index is 0.0373. The van der Waals surface area contributed by atoms with Crippen LogP contribution >= 0.6 is 15.9 Å². The van der Waals surface area contributed by atoms with Gasteiger partial charge in [0.15, 0.2) is 0 Å². The Bertz CT molecular complexity index is 806. The van der Waals surface area contributed by atoms with Crippen molar-refractivity contribution in [2.75, 3.05) is 6.61 Å². The molecular weight excluding hydrogens is 639 g/mol. The fourth-order valence-electron chi connectivity index (χ4n) is 6.13. The van der Waals surface area contributed by atoms with Crippen LogP contribution in [0, 0.1) is 5.92 Å². The predicted octanol–water partition coefficient (Wildman–Crippen LogP) is 9.74. The second-order valence-corrected chi connectivity index (χ2v) is 34.3. The molecule has 0 saturated carbocycles. The Morgan fingerprint density at radius 3 is 1.51 bits per heavy atom. The molecule has 0 fully saturated rings. The fourth-order valence-corrected chi connectivity index (χ4v) is 32.5. The second kappa shape index (κ2) is 16.2. The molecule has 0 spiro atoms. The van der Waals surface area contributed by atoms with E-state index in [0.717, 1.165) is 9.45 Å². The first-order chi connectivity index (χ1) is 17.7. The maximum atomic E-state index is 7.33. The third-order valence-corrected chi connectivity index (χ3v) is 36.3. The van der Waals surface area contributed by atoms with Crippen LogP contribution in [0.25, 0.3) is 0 Å². The van der Waals surface area contributed by atoms with E-state index in [4.69, 9.17) is 4.43 Å². The van der Waals surface area contributed by atoms with Gasteiger partial charge in [0.05, 0.1) is 0 Å². The molecule has 2 aromatic rings. The van der Waals surface area contributed by atoms with E-state index in [9.17, 15) is 0 Å². The summed E-state index contributed by atoms with van der Waals surface area (Å²) < 4.78 is 12.8. The van der Waals surface area contributed by atoms with Crippen LogP contribution in [-0.2, 0) is 4.43 Å². The van der Waals surface area contributed by atoms with Crippen molar-refractivity contribution in [1.82, 2.24) is 0 Å². The van der Waals surface area contributed by atoms with Crippen molar-refractivity contribution in [3.63, 3.8) is 0 Å². The van der Waals surface area contributed by atoms with E-state index in [0.29, 0.717) is 5.92 Å². The van der Waals surface area contributed by atoms with Crippen molar-refractivity contribution >= 4 is 53.0 Å². The summed E-state index contributed by atoms with van der Waals surface area (Å²) in [6.07, 6.45) is 9.57. The van der Waals surface area contributed by atoms with Gasteiger partial charge in [0.2, 0.25) is 0 Å². The molecule has 0 aliphatic rings. The summed E-state index contributed by atoms with van der Waals surface area (Å²) in [5, 5.41) is 2.81. The average Bonchev–Trinajstić information content (AvgIpc) is 2.89. The first-order valence-electron chi connectivity index (χ1n) is 15.1. The number of unbranched alkanes of at least 4 members (excludes halogenated alkanes) is 3. The van der Waals surface area contributed by atoms with E-state index in [-0.39, 0.29) is 5.04 Å². The van der Waals surface area contributed by atoms with E-state index >= 15 is 0 Å². The molecule has 0 aromatic heterocycles. The summed E-state index contributed by atoms with van der Waals surface area (Å²) in [4.78, 5) is 0. The number of rotatable bonds is 17. The van der Waals surface area contributed by atoms with E-state index in [1.54, 1.807) is 13.3 Å². The molecule has 0 aliphatic carbocycles. The maximum absolute atomic E-state index is 7.33. The Morgan fingerprint density at radius 2 is 1.16 bits per heavy atom. The van der Waals surface area contributed by atoms with Crippen molar-refractivity contribution in [1.29, 1.82) is 0 Å². The van der Waals surface area contributed by atoms with E-state index in [1.165, 1.54) is 55.3 Å². The van der Waals surface area contributed by atoms with E-state index in [1.807, 2.05) is 0 Å². The van der Waals surface area contributed by atoms with Gasteiger partial charge in [0.25, 0.3) is 0 Å². The fraction of sp³-hybridized carbons (Fsp3) is 0.636. The van der Waals surface area contributed by atoms with Gasteiger partial charge in [-0.1, -0.05) is 0 Å². The van der Waals surface area contributed by atoms with Gasteiger partial charge < -0.3 is 0 Å². The quantitative estimate of drug-likeness (QED) is 0.118. The number of benzene rings is 2. The molecule has 0 radical (unpaired) electrons. The standard InChI is InChI=1S/C21H28BrOSi.3C4H9.Sn/c1-18(15-16-22)17-23-24(21(2,3)4,19-11-7-5-8-12-19)20-13-9-6-10-14-20;3*1-3-4-2;/h5-14,16,18H,15,17H2,1-4H3;3*1,3-4H2,2H3;/t18-;;;;/m1..../s1. The van der Waals surface area contributed by atoms with Gasteiger partial charge in [0, 0.05) is 0 Å². The van der Waals surface area contributed by atoms with Gasteiger partial charge in [-0.25, -0.2) is 0 Å². The van der Waals surface area contributed by atoms with Crippen LogP contribution < -0.4 is 10.4 Å². The number of hydrogen-bond donors (Lipinski definition) is 0. The van der Waals surface area contributed by atoms with Gasteiger partial charge >= 0.3 is 245 Å². The van der Waals surface area contributed by atoms with E-state index < -0.39 is 26.7 Å². The third-order valence-electron chi connectivity index (χ3n) is 8.36. The second-order valence-electron chi connectivity index (χ2n) is 12.5. The zero-order valence-corrected chi connectivity index (χ0v) is 30.4. The van der Waals surface area contributed by atoms with Crippen molar-refractivity contribution in [3.05, 3.63) is 60.7 Å². The van der Waals surface area contributed by atoms with Gasteiger partial charge in [-0.15, -0.1) is 0 Å². The molecule has 208 valence electrons. The summed E-state index contributed by atoms with van der Waals surface area (Å²) in [6.45, 7) is 17.6. The Kier molecular flexibility index (Phi) is 14.5. The molecule has 2 aromatic carbocycles. The first-order valence-corrected chi connectivity index (χ1v) is 25.6. The number of halogens is 1. The zero-order valence-electron chi connectivity index (χ0n) is 25.0. The van der Waals surface area contributed by atoms with Gasteiger partial charge in [-0.3, -0.25) is 0 Å². The summed E-state index contributed by atoms with van der Waals surface area (Å²) >= 11 is 2.08. The molecule has 0 heterocycles. The van der Waals surface area contributed by atoms with E-state index in [2.05, 4.69) is 125 Å². The molecular formula is C33H55BrOSiSn. The molecule has 2 atom stereocenters. The molecule has 0 saturated heterocycles. The Labute approximate surface area is 243 Å². The number of alkyl halides is 1. The van der Waals surface area contributed by atoms with Gasteiger partial charge in [-0.05, 0) is 0 Å². The monoisotopic (exact) mass is 694 g/mol. The summed E-state index contributed by atoms with van der Waals surface area (Å²) in [7, 11) is -2.47. The molecule has 0 N–H and O–H groups in total. The number of hydrogen-bond acceptors (Lipinski definition) is 1. The zero-order chi connectivity index (χ0) is 27.4. The van der Waals surface area contributed by atoms with Crippen LogP contribution in [-0.4, -0.2) is 36.1 Å². The summed E-state index contributed by atoms with van der Waals surface area (Å²) in [5.41, 5.74) is 0. The van der Waals surface area contributed by atoms with Crippen LogP contribution in [0.1, 0.15) is 93.4 Å². The van der Waals surface area contributed by atoms with Crippen molar-refractivity contribution in [2.45, 2.75) is 115 Å². The normalized spacial score (nSPS) is 14.5. The Balaban J connectivity index is 2.32. The molecule has 2 rings (SSSR count). The Morgan fingerprint density at radius 1 is 0.757 bits per heavy atom. The molecule has 0 aliphatic heterocycles. The van der Waals surface area contributed by atoms with Crippen LogP contribution in [0.15, 0.2) is 60.7 Å². The van der Waals surface area contributed by atoms with Crippen LogP contribution in [0.4, 0.5) is 0 Å². The van der Waals surface area contributed by atoms with Crippen molar-refractivity contribution in [2.24, 2.45) is 5.92 Å². The van der Waals surface area contributed by atoms with Gasteiger partial charge in [0.1, 0.15) is 0 Å². The van der Waals surface area contributed by atoms with Crippen LogP contribution in [0.5, 0.6) is 0 Å².